The van der Waals surface area contributed by atoms with Gasteiger partial charge in [-0.05, 0) is 30.7 Å². The Hall–Kier alpha value is -0.450. The van der Waals surface area contributed by atoms with Crippen LogP contribution in [-0.2, 0) is 6.54 Å². The molecule has 15 heavy (non-hydrogen) atoms. The van der Waals surface area contributed by atoms with E-state index >= 15 is 0 Å². The van der Waals surface area contributed by atoms with Crippen LogP contribution in [0, 0.1) is 5.82 Å². The van der Waals surface area contributed by atoms with Crippen LogP contribution in [0.25, 0.3) is 0 Å². The summed E-state index contributed by atoms with van der Waals surface area (Å²) in [6.45, 7) is 3.78. The quantitative estimate of drug-likeness (QED) is 0.893. The van der Waals surface area contributed by atoms with Gasteiger partial charge < -0.3 is 5.11 Å². The topological polar surface area (TPSA) is 23.5 Å². The molecule has 1 aromatic rings. The van der Waals surface area contributed by atoms with Crippen LogP contribution >= 0.6 is 15.9 Å². The fourth-order valence-electron chi connectivity index (χ4n) is 1.93. The number of likely N-dealkylation sites (tertiary alicyclic amines) is 1. The molecule has 0 radical (unpaired) electrons. The van der Waals surface area contributed by atoms with Gasteiger partial charge in [-0.15, -0.1) is 0 Å². The summed E-state index contributed by atoms with van der Waals surface area (Å²) < 4.78 is 13.9. The zero-order valence-corrected chi connectivity index (χ0v) is 10.1. The number of hydrogen-bond acceptors (Lipinski definition) is 2. The van der Waals surface area contributed by atoms with Crippen molar-refractivity contribution in [1.29, 1.82) is 0 Å². The molecule has 0 amide bonds. The second-order valence-electron chi connectivity index (χ2n) is 4.38. The molecule has 0 unspecified atom stereocenters. The second-order valence-corrected chi connectivity index (χ2v) is 5.23. The van der Waals surface area contributed by atoms with Crippen molar-refractivity contribution in [3.8, 4) is 0 Å². The Labute approximate surface area is 96.8 Å². The van der Waals surface area contributed by atoms with Crippen molar-refractivity contribution >= 4 is 15.9 Å². The molecule has 1 N–H and O–H groups in total. The van der Waals surface area contributed by atoms with Gasteiger partial charge in [0.2, 0.25) is 0 Å². The average molecular weight is 274 g/mol. The molecule has 0 saturated carbocycles. The summed E-state index contributed by atoms with van der Waals surface area (Å²) in [5.41, 5.74) is 0.352. The number of nitrogens with zero attached hydrogens (tertiary/aromatic N) is 1. The van der Waals surface area contributed by atoms with Gasteiger partial charge in [-0.2, -0.15) is 0 Å². The lowest BCUT2D eigenvalue weighted by Gasteiger charge is -2.44. The zero-order chi connectivity index (χ0) is 11.1. The van der Waals surface area contributed by atoms with Crippen molar-refractivity contribution in [3.05, 3.63) is 34.1 Å². The zero-order valence-electron chi connectivity index (χ0n) is 8.50. The minimum atomic E-state index is -0.570. The van der Waals surface area contributed by atoms with Gasteiger partial charge in [0.1, 0.15) is 5.82 Å². The second kappa shape index (κ2) is 3.85. The Bertz CT molecular complexity index is 373. The number of hydrogen-bond donors (Lipinski definition) is 1. The maximum absolute atomic E-state index is 13.0. The third-order valence-electron chi connectivity index (χ3n) is 2.53. The molecule has 0 spiro atoms. The first-order chi connectivity index (χ1) is 6.96. The summed E-state index contributed by atoms with van der Waals surface area (Å²) >= 11 is 3.38. The fourth-order valence-corrected chi connectivity index (χ4v) is 2.31. The lowest BCUT2D eigenvalue weighted by atomic mass is 9.96. The van der Waals surface area contributed by atoms with Crippen LogP contribution in [0.4, 0.5) is 4.39 Å². The lowest BCUT2D eigenvalue weighted by molar-refractivity contribution is -0.0872. The SMILES string of the molecule is CC1(O)CN(Cc2cc(F)ccc2Br)C1. The Morgan fingerprint density at radius 1 is 1.53 bits per heavy atom. The van der Waals surface area contributed by atoms with Gasteiger partial charge in [-0.1, -0.05) is 15.9 Å². The summed E-state index contributed by atoms with van der Waals surface area (Å²) in [6, 6.07) is 4.67. The molecule has 82 valence electrons. The molecule has 1 aliphatic rings. The average Bonchev–Trinajstić information content (AvgIpc) is 2.08. The highest BCUT2D eigenvalue weighted by Crippen LogP contribution is 2.25. The molecule has 1 aliphatic heterocycles. The highest BCUT2D eigenvalue weighted by molar-refractivity contribution is 9.10. The summed E-state index contributed by atoms with van der Waals surface area (Å²) in [5, 5.41) is 9.56. The number of aliphatic hydroxyl groups is 1. The van der Waals surface area contributed by atoms with Crippen LogP contribution in [0.1, 0.15) is 12.5 Å². The molecule has 0 aliphatic carbocycles. The first-order valence-corrected chi connectivity index (χ1v) is 5.64. The Morgan fingerprint density at radius 3 is 2.80 bits per heavy atom. The molecule has 1 saturated heterocycles. The van der Waals surface area contributed by atoms with Crippen LogP contribution in [0.5, 0.6) is 0 Å². The van der Waals surface area contributed by atoms with Gasteiger partial charge >= 0.3 is 0 Å². The molecule has 4 heteroatoms. The van der Waals surface area contributed by atoms with E-state index in [0.717, 1.165) is 10.0 Å². The molecule has 2 rings (SSSR count). The van der Waals surface area contributed by atoms with E-state index in [2.05, 4.69) is 20.8 Å². The normalized spacial score (nSPS) is 20.0. The van der Waals surface area contributed by atoms with E-state index in [0.29, 0.717) is 19.6 Å². The summed E-state index contributed by atoms with van der Waals surface area (Å²) in [4.78, 5) is 2.08. The Kier molecular flexibility index (Phi) is 2.83. The van der Waals surface area contributed by atoms with Gasteiger partial charge in [0, 0.05) is 24.1 Å². The first-order valence-electron chi connectivity index (χ1n) is 4.85. The lowest BCUT2D eigenvalue weighted by Crippen LogP contribution is -2.59. The van der Waals surface area contributed by atoms with E-state index in [9.17, 15) is 9.50 Å². The predicted molar refractivity (Wildman–Crippen MR) is 60.0 cm³/mol. The molecule has 1 fully saturated rings. The first kappa shape index (κ1) is 11.0. The van der Waals surface area contributed by atoms with Crippen molar-refractivity contribution in [3.63, 3.8) is 0 Å². The van der Waals surface area contributed by atoms with Crippen molar-refractivity contribution in [2.45, 2.75) is 19.1 Å². The fraction of sp³-hybridized carbons (Fsp3) is 0.455. The third kappa shape index (κ3) is 2.56. The van der Waals surface area contributed by atoms with Crippen LogP contribution in [0.2, 0.25) is 0 Å². The molecule has 0 atom stereocenters. The van der Waals surface area contributed by atoms with Crippen molar-refractivity contribution < 1.29 is 9.50 Å². The maximum atomic E-state index is 13.0. The summed E-state index contributed by atoms with van der Waals surface area (Å²) in [5.74, 6) is -0.222. The van der Waals surface area contributed by atoms with Gasteiger partial charge in [0.05, 0.1) is 5.60 Å². The van der Waals surface area contributed by atoms with Crippen molar-refractivity contribution in [2.24, 2.45) is 0 Å². The Balaban J connectivity index is 2.03. The van der Waals surface area contributed by atoms with E-state index in [-0.39, 0.29) is 5.82 Å². The highest BCUT2D eigenvalue weighted by Gasteiger charge is 2.36. The third-order valence-corrected chi connectivity index (χ3v) is 3.30. The molecular weight excluding hydrogens is 261 g/mol. The smallest absolute Gasteiger partial charge is 0.123 e. The number of benzene rings is 1. The summed E-state index contributed by atoms with van der Waals surface area (Å²) in [7, 11) is 0. The minimum Gasteiger partial charge on any atom is -0.388 e. The molecule has 0 aromatic heterocycles. The molecular formula is C11H13BrFNO. The van der Waals surface area contributed by atoms with Gasteiger partial charge in [0.15, 0.2) is 0 Å². The van der Waals surface area contributed by atoms with E-state index in [1.165, 1.54) is 12.1 Å². The monoisotopic (exact) mass is 273 g/mol. The summed E-state index contributed by atoms with van der Waals surface area (Å²) in [6.07, 6.45) is 0. The van der Waals surface area contributed by atoms with Crippen molar-refractivity contribution in [2.75, 3.05) is 13.1 Å². The molecule has 0 bridgehead atoms. The Morgan fingerprint density at radius 2 is 2.20 bits per heavy atom. The van der Waals surface area contributed by atoms with Gasteiger partial charge in [-0.3, -0.25) is 4.90 Å². The highest BCUT2D eigenvalue weighted by atomic mass is 79.9. The minimum absolute atomic E-state index is 0.222. The van der Waals surface area contributed by atoms with E-state index in [1.54, 1.807) is 6.07 Å². The van der Waals surface area contributed by atoms with E-state index < -0.39 is 5.60 Å². The maximum Gasteiger partial charge on any atom is 0.123 e. The number of rotatable bonds is 2. The van der Waals surface area contributed by atoms with Crippen molar-refractivity contribution in [1.82, 2.24) is 4.90 Å². The van der Waals surface area contributed by atoms with Gasteiger partial charge in [0.25, 0.3) is 0 Å². The van der Waals surface area contributed by atoms with Gasteiger partial charge in [-0.25, -0.2) is 4.39 Å². The predicted octanol–water partition coefficient (Wildman–Crippen LogP) is 2.15. The standard InChI is InChI=1S/C11H13BrFNO/c1-11(15)6-14(7-11)5-8-4-9(13)2-3-10(8)12/h2-4,15H,5-7H2,1H3. The molecule has 1 aromatic carbocycles. The largest absolute Gasteiger partial charge is 0.388 e. The number of halogens is 2. The molecule has 1 heterocycles. The van der Waals surface area contributed by atoms with Crippen LogP contribution in [0.3, 0.4) is 0 Å². The molecule has 2 nitrogen and oxygen atoms in total. The van der Waals surface area contributed by atoms with E-state index in [1.807, 2.05) is 6.92 Å². The number of β-amino-alcohol motifs (C(OH)–C–C–N with tert-alkyl or cyclic N) is 1. The van der Waals surface area contributed by atoms with Crippen LogP contribution < -0.4 is 0 Å². The van der Waals surface area contributed by atoms with E-state index in [4.69, 9.17) is 0 Å². The van der Waals surface area contributed by atoms with Crippen LogP contribution in [-0.4, -0.2) is 28.7 Å². The van der Waals surface area contributed by atoms with Crippen LogP contribution in [0.15, 0.2) is 22.7 Å².